The molecular formula is C27H17F3N2O4S. The van der Waals surface area contributed by atoms with E-state index < -0.39 is 17.2 Å². The van der Waals surface area contributed by atoms with Crippen LogP contribution in [0.15, 0.2) is 66.0 Å². The highest BCUT2D eigenvalue weighted by atomic mass is 32.1. The molecule has 186 valence electrons. The molecule has 3 aliphatic heterocycles. The molecule has 0 fully saturated rings. The number of nitrogens with zero attached hydrogens (tertiary/aromatic N) is 2. The number of fused-ring (bicyclic) bond motifs is 5. The Hall–Kier alpha value is -4.05. The zero-order chi connectivity index (χ0) is 25.4. The van der Waals surface area contributed by atoms with Crippen LogP contribution in [-0.4, -0.2) is 24.3 Å². The largest absolute Gasteiger partial charge is 0.491 e. The average Bonchev–Trinajstić information content (AvgIpc) is 3.67. The summed E-state index contributed by atoms with van der Waals surface area (Å²) in [4.78, 5) is 20.4. The van der Waals surface area contributed by atoms with Gasteiger partial charge in [0.25, 0.3) is 0 Å². The van der Waals surface area contributed by atoms with Crippen LogP contribution < -0.4 is 19.1 Å². The lowest BCUT2D eigenvalue weighted by Gasteiger charge is -2.22. The predicted molar refractivity (Wildman–Crippen MR) is 129 cm³/mol. The van der Waals surface area contributed by atoms with Gasteiger partial charge in [0.1, 0.15) is 22.8 Å². The van der Waals surface area contributed by atoms with E-state index in [-0.39, 0.29) is 25.9 Å². The van der Waals surface area contributed by atoms with E-state index in [2.05, 4.69) is 4.98 Å². The summed E-state index contributed by atoms with van der Waals surface area (Å²) in [5.41, 5.74) is 1.85. The summed E-state index contributed by atoms with van der Waals surface area (Å²) < 4.78 is 55.8. The second kappa shape index (κ2) is 7.72. The van der Waals surface area contributed by atoms with E-state index in [1.54, 1.807) is 11.0 Å². The van der Waals surface area contributed by atoms with Gasteiger partial charge in [-0.05, 0) is 29.8 Å². The molecule has 3 aliphatic rings. The Morgan fingerprint density at radius 1 is 0.946 bits per heavy atom. The standard InChI is InChI=1S/C27H17F3N2O4S/c28-27(29,30)16-7-5-15(6-8-16)24-31-17(12-37-24)11-32-20-4-2-1-3-18(20)26(25(32)33)13-34-21-10-23-22(9-19(21)26)35-14-36-23/h1-10,12H,11,13-14H2. The third-order valence-corrected chi connectivity index (χ3v) is 7.91. The molecule has 6 nitrogen and oxygen atoms in total. The van der Waals surface area contributed by atoms with Gasteiger partial charge in [0.2, 0.25) is 12.7 Å². The fourth-order valence-corrected chi connectivity index (χ4v) is 6.01. The number of rotatable bonds is 3. The molecule has 0 saturated heterocycles. The topological polar surface area (TPSA) is 60.9 Å². The first-order valence-electron chi connectivity index (χ1n) is 11.4. The highest BCUT2D eigenvalue weighted by Crippen LogP contribution is 2.55. The summed E-state index contributed by atoms with van der Waals surface area (Å²) >= 11 is 1.32. The lowest BCUT2D eigenvalue weighted by molar-refractivity contribution is -0.137. The highest BCUT2D eigenvalue weighted by molar-refractivity contribution is 7.13. The van der Waals surface area contributed by atoms with E-state index in [1.807, 2.05) is 35.7 Å². The molecule has 1 aromatic heterocycles. The van der Waals surface area contributed by atoms with Crippen LogP contribution in [0.5, 0.6) is 17.2 Å². The second-order valence-corrected chi connectivity index (χ2v) is 9.88. The first-order chi connectivity index (χ1) is 17.8. The highest BCUT2D eigenvalue weighted by Gasteiger charge is 2.57. The van der Waals surface area contributed by atoms with Gasteiger partial charge in [-0.25, -0.2) is 4.98 Å². The summed E-state index contributed by atoms with van der Waals surface area (Å²) in [5.74, 6) is 1.63. The maximum absolute atomic E-state index is 14.1. The molecule has 1 spiro atoms. The van der Waals surface area contributed by atoms with Gasteiger partial charge >= 0.3 is 6.18 Å². The van der Waals surface area contributed by atoms with Gasteiger partial charge in [0.15, 0.2) is 11.5 Å². The van der Waals surface area contributed by atoms with Crippen molar-refractivity contribution in [3.05, 3.63) is 88.4 Å². The van der Waals surface area contributed by atoms with Crippen molar-refractivity contribution >= 4 is 22.9 Å². The smallest absolute Gasteiger partial charge is 0.416 e. The van der Waals surface area contributed by atoms with Crippen LogP contribution in [0.3, 0.4) is 0 Å². The Bertz CT molecular complexity index is 1570. The summed E-state index contributed by atoms with van der Waals surface area (Å²) in [6, 6.07) is 16.1. The summed E-state index contributed by atoms with van der Waals surface area (Å²) in [6.07, 6.45) is -4.40. The lowest BCUT2D eigenvalue weighted by atomic mass is 9.77. The molecule has 1 atom stereocenters. The van der Waals surface area contributed by atoms with Gasteiger partial charge < -0.3 is 19.1 Å². The van der Waals surface area contributed by atoms with Crippen molar-refractivity contribution in [2.75, 3.05) is 18.3 Å². The van der Waals surface area contributed by atoms with Crippen LogP contribution in [0.25, 0.3) is 10.6 Å². The Kier molecular flexibility index (Phi) is 4.63. The molecule has 37 heavy (non-hydrogen) atoms. The Balaban J connectivity index is 1.23. The molecule has 0 radical (unpaired) electrons. The van der Waals surface area contributed by atoms with Gasteiger partial charge in [-0.3, -0.25) is 4.79 Å². The predicted octanol–water partition coefficient (Wildman–Crippen LogP) is 5.78. The summed E-state index contributed by atoms with van der Waals surface area (Å²) in [7, 11) is 0. The van der Waals surface area contributed by atoms with Crippen molar-refractivity contribution in [1.82, 2.24) is 4.98 Å². The number of anilines is 1. The van der Waals surface area contributed by atoms with Crippen LogP contribution >= 0.6 is 11.3 Å². The van der Waals surface area contributed by atoms with Crippen molar-refractivity contribution < 1.29 is 32.2 Å². The normalized spacial score (nSPS) is 19.3. The molecule has 4 aromatic rings. The van der Waals surface area contributed by atoms with Crippen LogP contribution in [0, 0.1) is 0 Å². The van der Waals surface area contributed by atoms with E-state index in [1.165, 1.54) is 23.5 Å². The minimum Gasteiger partial charge on any atom is -0.491 e. The number of para-hydroxylation sites is 1. The monoisotopic (exact) mass is 522 g/mol. The number of aromatic nitrogens is 1. The molecule has 7 rings (SSSR count). The third-order valence-electron chi connectivity index (χ3n) is 6.97. The molecule has 1 amide bonds. The Labute approximate surface area is 212 Å². The van der Waals surface area contributed by atoms with Crippen LogP contribution in [-0.2, 0) is 22.9 Å². The third kappa shape index (κ3) is 3.25. The molecular weight excluding hydrogens is 505 g/mol. The molecule has 10 heteroatoms. The van der Waals surface area contributed by atoms with Crippen LogP contribution in [0.1, 0.15) is 22.4 Å². The SMILES string of the molecule is O=C1N(Cc2csc(-c3ccc(C(F)(F)F)cc3)n2)c2ccccc2C12COc1cc3c(cc12)OCO3. The molecule has 1 unspecified atom stereocenters. The van der Waals surface area contributed by atoms with Gasteiger partial charge in [0, 0.05) is 28.3 Å². The molecule has 0 N–H and O–H groups in total. The number of alkyl halides is 3. The van der Waals surface area contributed by atoms with Crippen molar-refractivity contribution in [1.29, 1.82) is 0 Å². The fraction of sp³-hybridized carbons (Fsp3) is 0.185. The van der Waals surface area contributed by atoms with Crippen molar-refractivity contribution in [3.8, 4) is 27.8 Å². The number of carbonyl (C=O) groups excluding carboxylic acids is 1. The number of hydrogen-bond donors (Lipinski definition) is 0. The van der Waals surface area contributed by atoms with Crippen LogP contribution in [0.4, 0.5) is 18.9 Å². The van der Waals surface area contributed by atoms with Gasteiger partial charge in [0.05, 0.1) is 17.8 Å². The summed E-state index contributed by atoms with van der Waals surface area (Å²) in [6.45, 7) is 0.493. The number of carbonyl (C=O) groups is 1. The number of benzene rings is 3. The zero-order valence-electron chi connectivity index (χ0n) is 19.0. The van der Waals surface area contributed by atoms with E-state index in [4.69, 9.17) is 14.2 Å². The van der Waals surface area contributed by atoms with E-state index in [9.17, 15) is 18.0 Å². The minimum absolute atomic E-state index is 0.118. The summed E-state index contributed by atoms with van der Waals surface area (Å²) in [5, 5.41) is 2.41. The van der Waals surface area contributed by atoms with Crippen molar-refractivity contribution in [2.24, 2.45) is 0 Å². The van der Waals surface area contributed by atoms with Gasteiger partial charge in [-0.2, -0.15) is 13.2 Å². The molecule has 0 aliphatic carbocycles. The minimum atomic E-state index is -4.40. The number of amides is 1. The second-order valence-electron chi connectivity index (χ2n) is 9.02. The fourth-order valence-electron chi connectivity index (χ4n) is 5.20. The Morgan fingerprint density at radius 2 is 1.70 bits per heavy atom. The molecule has 0 saturated carbocycles. The lowest BCUT2D eigenvalue weighted by Crippen LogP contribution is -2.42. The van der Waals surface area contributed by atoms with Crippen molar-refractivity contribution in [3.63, 3.8) is 0 Å². The number of hydrogen-bond acceptors (Lipinski definition) is 6. The van der Waals surface area contributed by atoms with E-state index in [0.29, 0.717) is 33.5 Å². The number of ether oxygens (including phenoxy) is 3. The number of halogens is 3. The van der Waals surface area contributed by atoms with Gasteiger partial charge in [-0.1, -0.05) is 30.3 Å². The van der Waals surface area contributed by atoms with Gasteiger partial charge in [-0.15, -0.1) is 11.3 Å². The van der Waals surface area contributed by atoms with E-state index in [0.717, 1.165) is 28.9 Å². The molecule has 4 heterocycles. The average molecular weight is 523 g/mol. The van der Waals surface area contributed by atoms with E-state index >= 15 is 0 Å². The first kappa shape index (κ1) is 22.2. The molecule has 0 bridgehead atoms. The van der Waals surface area contributed by atoms with Crippen LogP contribution in [0.2, 0.25) is 0 Å². The quantitative estimate of drug-likeness (QED) is 0.341. The molecule has 3 aromatic carbocycles. The first-order valence-corrected chi connectivity index (χ1v) is 12.3. The number of thiazole rings is 1. The maximum Gasteiger partial charge on any atom is 0.416 e. The Morgan fingerprint density at radius 3 is 2.49 bits per heavy atom. The van der Waals surface area contributed by atoms with Crippen molar-refractivity contribution in [2.45, 2.75) is 18.1 Å². The maximum atomic E-state index is 14.1. The zero-order valence-corrected chi connectivity index (χ0v) is 19.9.